The van der Waals surface area contributed by atoms with Gasteiger partial charge in [-0.2, -0.15) is 0 Å². The third-order valence-corrected chi connectivity index (χ3v) is 3.30. The van der Waals surface area contributed by atoms with Crippen molar-refractivity contribution in [1.29, 1.82) is 0 Å². The summed E-state index contributed by atoms with van der Waals surface area (Å²) >= 11 is 0. The average molecular weight is 304 g/mol. The number of guanidine groups is 1. The van der Waals surface area contributed by atoms with Crippen LogP contribution in [0.15, 0.2) is 35.3 Å². The number of benzene rings is 1. The molecular formula is C17H28N4O. The smallest absolute Gasteiger partial charge is 0.239 e. The topological polar surface area (TPSA) is 65.5 Å². The van der Waals surface area contributed by atoms with Gasteiger partial charge in [0.15, 0.2) is 5.96 Å². The summed E-state index contributed by atoms with van der Waals surface area (Å²) in [7, 11) is 1.71. The van der Waals surface area contributed by atoms with Crippen LogP contribution < -0.4 is 16.0 Å². The summed E-state index contributed by atoms with van der Waals surface area (Å²) in [6.07, 6.45) is 4.83. The van der Waals surface area contributed by atoms with Crippen LogP contribution in [0, 0.1) is 0 Å². The molecule has 0 aliphatic carbocycles. The van der Waals surface area contributed by atoms with Crippen molar-refractivity contribution in [3.05, 3.63) is 35.9 Å². The molecule has 1 aromatic rings. The van der Waals surface area contributed by atoms with Gasteiger partial charge in [0, 0.05) is 20.1 Å². The van der Waals surface area contributed by atoms with Gasteiger partial charge in [-0.3, -0.25) is 9.79 Å². The first-order valence-corrected chi connectivity index (χ1v) is 8.01. The van der Waals surface area contributed by atoms with Crippen molar-refractivity contribution in [2.45, 2.75) is 39.2 Å². The third-order valence-electron chi connectivity index (χ3n) is 3.30. The average Bonchev–Trinajstić information content (AvgIpc) is 2.56. The van der Waals surface area contributed by atoms with Gasteiger partial charge in [-0.05, 0) is 12.0 Å². The standard InChI is InChI=1S/C17H28N4O/c1-3-4-5-9-12-19-17(18-2)21-14-16(22)20-13-15-10-7-6-8-11-15/h6-8,10-11H,3-5,9,12-14H2,1-2H3,(H,20,22)(H2,18,19,21). The van der Waals surface area contributed by atoms with Gasteiger partial charge < -0.3 is 16.0 Å². The van der Waals surface area contributed by atoms with E-state index in [2.05, 4.69) is 27.9 Å². The van der Waals surface area contributed by atoms with Crippen LogP contribution in [0.1, 0.15) is 38.2 Å². The van der Waals surface area contributed by atoms with E-state index in [1.54, 1.807) is 7.05 Å². The summed E-state index contributed by atoms with van der Waals surface area (Å²) in [4.78, 5) is 15.9. The number of unbranched alkanes of at least 4 members (excludes halogenated alkanes) is 3. The van der Waals surface area contributed by atoms with Crippen molar-refractivity contribution in [3.8, 4) is 0 Å². The summed E-state index contributed by atoms with van der Waals surface area (Å²) in [6.45, 7) is 3.85. The SMILES string of the molecule is CCCCCCNC(=NC)NCC(=O)NCc1ccccc1. The Morgan fingerprint density at radius 2 is 1.82 bits per heavy atom. The van der Waals surface area contributed by atoms with Gasteiger partial charge in [-0.15, -0.1) is 0 Å². The number of rotatable bonds is 9. The molecule has 0 fully saturated rings. The lowest BCUT2D eigenvalue weighted by Crippen LogP contribution is -2.43. The van der Waals surface area contributed by atoms with E-state index < -0.39 is 0 Å². The van der Waals surface area contributed by atoms with E-state index in [0.29, 0.717) is 12.5 Å². The summed E-state index contributed by atoms with van der Waals surface area (Å²) in [5, 5.41) is 9.12. The highest BCUT2D eigenvalue weighted by Gasteiger charge is 2.03. The number of nitrogens with one attached hydrogen (secondary N) is 3. The molecule has 0 saturated carbocycles. The molecular weight excluding hydrogens is 276 g/mol. The zero-order valence-corrected chi connectivity index (χ0v) is 13.7. The second kappa shape index (κ2) is 11.6. The Balaban J connectivity index is 2.15. The van der Waals surface area contributed by atoms with E-state index >= 15 is 0 Å². The van der Waals surface area contributed by atoms with Crippen LogP contribution in [-0.4, -0.2) is 32.0 Å². The Hall–Kier alpha value is -2.04. The lowest BCUT2D eigenvalue weighted by Gasteiger charge is -2.12. The molecule has 1 amide bonds. The highest BCUT2D eigenvalue weighted by molar-refractivity contribution is 5.86. The predicted octanol–water partition coefficient (Wildman–Crippen LogP) is 2.05. The van der Waals surface area contributed by atoms with E-state index in [4.69, 9.17) is 0 Å². The van der Waals surface area contributed by atoms with E-state index in [0.717, 1.165) is 18.5 Å². The first-order valence-electron chi connectivity index (χ1n) is 8.01. The monoisotopic (exact) mass is 304 g/mol. The molecule has 0 saturated heterocycles. The largest absolute Gasteiger partial charge is 0.356 e. The molecule has 0 heterocycles. The molecule has 122 valence electrons. The van der Waals surface area contributed by atoms with Gasteiger partial charge in [0.25, 0.3) is 0 Å². The van der Waals surface area contributed by atoms with Gasteiger partial charge in [-0.1, -0.05) is 56.5 Å². The lowest BCUT2D eigenvalue weighted by atomic mass is 10.2. The Kier molecular flexibility index (Phi) is 9.50. The Morgan fingerprint density at radius 1 is 1.05 bits per heavy atom. The van der Waals surface area contributed by atoms with Gasteiger partial charge in [0.1, 0.15) is 0 Å². The molecule has 0 spiro atoms. The number of hydrogen-bond acceptors (Lipinski definition) is 2. The zero-order chi connectivity index (χ0) is 16.0. The summed E-state index contributed by atoms with van der Waals surface area (Å²) in [5.41, 5.74) is 1.09. The number of hydrogen-bond donors (Lipinski definition) is 3. The maximum Gasteiger partial charge on any atom is 0.239 e. The Labute approximate surface area is 133 Å². The van der Waals surface area contributed by atoms with Crippen LogP contribution in [0.5, 0.6) is 0 Å². The zero-order valence-electron chi connectivity index (χ0n) is 13.7. The minimum absolute atomic E-state index is 0.0437. The first-order chi connectivity index (χ1) is 10.8. The fourth-order valence-corrected chi connectivity index (χ4v) is 2.00. The molecule has 3 N–H and O–H groups in total. The van der Waals surface area contributed by atoms with Gasteiger partial charge in [0.05, 0.1) is 6.54 Å². The minimum Gasteiger partial charge on any atom is -0.356 e. The molecule has 22 heavy (non-hydrogen) atoms. The molecule has 0 atom stereocenters. The van der Waals surface area contributed by atoms with E-state index in [-0.39, 0.29) is 12.5 Å². The molecule has 1 aromatic carbocycles. The molecule has 0 aromatic heterocycles. The second-order valence-corrected chi connectivity index (χ2v) is 5.18. The number of aliphatic imine (C=N–C) groups is 1. The Bertz CT molecular complexity index is 445. The quantitative estimate of drug-likeness (QED) is 0.372. The van der Waals surface area contributed by atoms with Crippen LogP contribution in [0.3, 0.4) is 0 Å². The summed E-state index contributed by atoms with van der Waals surface area (Å²) in [5.74, 6) is 0.629. The predicted molar refractivity (Wildman–Crippen MR) is 91.8 cm³/mol. The Morgan fingerprint density at radius 3 is 2.50 bits per heavy atom. The van der Waals surface area contributed by atoms with Crippen LogP contribution >= 0.6 is 0 Å². The molecule has 0 aliphatic heterocycles. The molecule has 0 unspecified atom stereocenters. The van der Waals surface area contributed by atoms with Crippen molar-refractivity contribution in [3.63, 3.8) is 0 Å². The molecule has 0 aliphatic rings. The number of nitrogens with zero attached hydrogens (tertiary/aromatic N) is 1. The van der Waals surface area contributed by atoms with Crippen molar-refractivity contribution >= 4 is 11.9 Å². The minimum atomic E-state index is -0.0437. The molecule has 0 bridgehead atoms. The molecule has 0 radical (unpaired) electrons. The van der Waals surface area contributed by atoms with Crippen LogP contribution in [0.2, 0.25) is 0 Å². The van der Waals surface area contributed by atoms with E-state index in [1.165, 1.54) is 19.3 Å². The fraction of sp³-hybridized carbons (Fsp3) is 0.529. The second-order valence-electron chi connectivity index (χ2n) is 5.18. The lowest BCUT2D eigenvalue weighted by molar-refractivity contribution is -0.120. The van der Waals surface area contributed by atoms with Crippen molar-refractivity contribution in [1.82, 2.24) is 16.0 Å². The first kappa shape index (κ1) is 18.0. The third kappa shape index (κ3) is 8.29. The van der Waals surface area contributed by atoms with Crippen molar-refractivity contribution in [2.24, 2.45) is 4.99 Å². The maximum atomic E-state index is 11.8. The van der Waals surface area contributed by atoms with Gasteiger partial charge >= 0.3 is 0 Å². The van der Waals surface area contributed by atoms with Gasteiger partial charge in [-0.25, -0.2) is 0 Å². The highest BCUT2D eigenvalue weighted by atomic mass is 16.1. The van der Waals surface area contributed by atoms with Crippen molar-refractivity contribution < 1.29 is 4.79 Å². The molecule has 5 nitrogen and oxygen atoms in total. The maximum absolute atomic E-state index is 11.8. The van der Waals surface area contributed by atoms with Gasteiger partial charge in [0.2, 0.25) is 5.91 Å². The highest BCUT2D eigenvalue weighted by Crippen LogP contribution is 1.97. The van der Waals surface area contributed by atoms with Crippen LogP contribution in [-0.2, 0) is 11.3 Å². The molecule has 1 rings (SSSR count). The van der Waals surface area contributed by atoms with E-state index in [1.807, 2.05) is 30.3 Å². The summed E-state index contributed by atoms with van der Waals surface area (Å²) in [6, 6.07) is 9.87. The van der Waals surface area contributed by atoms with E-state index in [9.17, 15) is 4.79 Å². The number of carbonyl (C=O) groups excluding carboxylic acids is 1. The van der Waals surface area contributed by atoms with Crippen molar-refractivity contribution in [2.75, 3.05) is 20.1 Å². The molecule has 5 heteroatoms. The number of carbonyl (C=O) groups is 1. The van der Waals surface area contributed by atoms with Crippen LogP contribution in [0.4, 0.5) is 0 Å². The fourth-order valence-electron chi connectivity index (χ4n) is 2.00. The van der Waals surface area contributed by atoms with Crippen LogP contribution in [0.25, 0.3) is 0 Å². The normalized spacial score (nSPS) is 11.1. The summed E-state index contributed by atoms with van der Waals surface area (Å²) < 4.78 is 0. The number of amides is 1.